The van der Waals surface area contributed by atoms with Crippen molar-refractivity contribution in [3.05, 3.63) is 51.3 Å². The van der Waals surface area contributed by atoms with Crippen LogP contribution in [0.2, 0.25) is 0 Å². The number of hydrogen-bond donors (Lipinski definition) is 2. The quantitative estimate of drug-likeness (QED) is 0.868. The van der Waals surface area contributed by atoms with Gasteiger partial charge in [0.1, 0.15) is 0 Å². The molecule has 1 aromatic carbocycles. The number of aryl methyl sites for hydroxylation is 2. The zero-order chi connectivity index (χ0) is 14.2. The zero-order valence-electron chi connectivity index (χ0n) is 11.6. The second-order valence-electron chi connectivity index (χ2n) is 5.37. The Morgan fingerprint density at radius 3 is 2.47 bits per heavy atom. The van der Waals surface area contributed by atoms with Crippen LogP contribution in [0.5, 0.6) is 0 Å². The van der Waals surface area contributed by atoms with E-state index in [1.807, 2.05) is 26.0 Å². The Bertz CT molecular complexity index is 667. The molecule has 0 aliphatic rings. The smallest absolute Gasteiger partial charge is 0.270 e. The number of aromatic nitrogens is 2. The third-order valence-corrected chi connectivity index (χ3v) is 3.12. The predicted molar refractivity (Wildman–Crippen MR) is 75.0 cm³/mol. The lowest BCUT2D eigenvalue weighted by Gasteiger charge is -2.17. The van der Waals surface area contributed by atoms with E-state index in [4.69, 9.17) is 0 Å². The summed E-state index contributed by atoms with van der Waals surface area (Å²) in [4.78, 5) is 11.7. The first kappa shape index (κ1) is 13.5. The van der Waals surface area contributed by atoms with Crippen molar-refractivity contribution in [2.24, 2.45) is 0 Å². The Hall–Kier alpha value is -1.94. The van der Waals surface area contributed by atoms with Crippen molar-refractivity contribution in [1.29, 1.82) is 0 Å². The third-order valence-electron chi connectivity index (χ3n) is 3.12. The lowest BCUT2D eigenvalue weighted by atomic mass is 9.97. The molecule has 2 aromatic rings. The highest BCUT2D eigenvalue weighted by Gasteiger charge is 2.21. The lowest BCUT2D eigenvalue weighted by molar-refractivity contribution is 0.0769. The van der Waals surface area contributed by atoms with Crippen molar-refractivity contribution >= 4 is 0 Å². The average molecular weight is 258 g/mol. The maximum Gasteiger partial charge on any atom is 0.270 e. The standard InChI is InChI=1S/C15H18N2O2/c1-9-5-6-11(10(2)7-9)13-8-12(15(3,4)19)14(18)17-16-13/h5-8,19H,1-4H3,(H,17,18). The van der Waals surface area contributed by atoms with Crippen LogP contribution in [0.25, 0.3) is 11.3 Å². The maximum atomic E-state index is 11.7. The lowest BCUT2D eigenvalue weighted by Crippen LogP contribution is -2.27. The second-order valence-corrected chi connectivity index (χ2v) is 5.37. The average Bonchev–Trinajstić information content (AvgIpc) is 2.29. The highest BCUT2D eigenvalue weighted by atomic mass is 16.3. The summed E-state index contributed by atoms with van der Waals surface area (Å²) >= 11 is 0. The van der Waals surface area contributed by atoms with Crippen LogP contribution < -0.4 is 5.56 Å². The fraction of sp³-hybridized carbons (Fsp3) is 0.333. The van der Waals surface area contributed by atoms with Gasteiger partial charge in [-0.1, -0.05) is 23.8 Å². The van der Waals surface area contributed by atoms with Gasteiger partial charge in [0.05, 0.1) is 16.9 Å². The number of nitrogens with one attached hydrogen (secondary N) is 1. The van der Waals surface area contributed by atoms with Gasteiger partial charge in [0, 0.05) is 5.56 Å². The largest absolute Gasteiger partial charge is 0.386 e. The van der Waals surface area contributed by atoms with E-state index < -0.39 is 5.60 Å². The van der Waals surface area contributed by atoms with Crippen LogP contribution in [0.15, 0.2) is 29.1 Å². The van der Waals surface area contributed by atoms with Crippen molar-refractivity contribution in [2.45, 2.75) is 33.3 Å². The Balaban J connectivity index is 2.61. The Morgan fingerprint density at radius 2 is 1.89 bits per heavy atom. The van der Waals surface area contributed by atoms with E-state index in [1.165, 1.54) is 5.56 Å². The Kier molecular flexibility index (Phi) is 3.28. The van der Waals surface area contributed by atoms with Gasteiger partial charge in [-0.05, 0) is 39.3 Å². The molecule has 100 valence electrons. The van der Waals surface area contributed by atoms with E-state index >= 15 is 0 Å². The summed E-state index contributed by atoms with van der Waals surface area (Å²) in [5, 5.41) is 16.5. The molecule has 0 aliphatic heterocycles. The van der Waals surface area contributed by atoms with Gasteiger partial charge in [-0.15, -0.1) is 0 Å². The van der Waals surface area contributed by atoms with Crippen molar-refractivity contribution in [2.75, 3.05) is 0 Å². The van der Waals surface area contributed by atoms with Gasteiger partial charge in [-0.2, -0.15) is 5.10 Å². The van der Waals surface area contributed by atoms with Gasteiger partial charge in [-0.25, -0.2) is 5.10 Å². The monoisotopic (exact) mass is 258 g/mol. The molecule has 0 aliphatic carbocycles. The highest BCUT2D eigenvalue weighted by molar-refractivity contribution is 5.64. The molecule has 0 bridgehead atoms. The molecule has 19 heavy (non-hydrogen) atoms. The molecule has 4 nitrogen and oxygen atoms in total. The molecule has 2 N–H and O–H groups in total. The number of aliphatic hydroxyl groups is 1. The summed E-state index contributed by atoms with van der Waals surface area (Å²) in [6.45, 7) is 7.20. The van der Waals surface area contributed by atoms with E-state index in [1.54, 1.807) is 19.9 Å². The van der Waals surface area contributed by atoms with Crippen LogP contribution >= 0.6 is 0 Å². The van der Waals surface area contributed by atoms with Crippen LogP contribution in [0.3, 0.4) is 0 Å². The minimum atomic E-state index is -1.19. The normalized spacial score (nSPS) is 11.6. The van der Waals surface area contributed by atoms with Crippen LogP contribution in [0.4, 0.5) is 0 Å². The molecular weight excluding hydrogens is 240 g/mol. The molecule has 2 rings (SSSR count). The Labute approximate surface area is 112 Å². The fourth-order valence-corrected chi connectivity index (χ4v) is 2.10. The molecule has 0 spiro atoms. The van der Waals surface area contributed by atoms with Gasteiger partial charge in [0.15, 0.2) is 0 Å². The molecule has 0 fully saturated rings. The summed E-state index contributed by atoms with van der Waals surface area (Å²) < 4.78 is 0. The van der Waals surface area contributed by atoms with Crippen LogP contribution in [-0.4, -0.2) is 15.3 Å². The Morgan fingerprint density at radius 1 is 1.21 bits per heavy atom. The van der Waals surface area contributed by atoms with E-state index in [2.05, 4.69) is 16.3 Å². The van der Waals surface area contributed by atoms with E-state index in [0.717, 1.165) is 11.1 Å². The first-order valence-corrected chi connectivity index (χ1v) is 6.19. The molecular formula is C15H18N2O2. The zero-order valence-corrected chi connectivity index (χ0v) is 11.6. The molecule has 0 saturated heterocycles. The molecule has 4 heteroatoms. The minimum Gasteiger partial charge on any atom is -0.386 e. The number of rotatable bonds is 2. The number of H-pyrrole nitrogens is 1. The number of benzene rings is 1. The van der Waals surface area contributed by atoms with E-state index in [-0.39, 0.29) is 5.56 Å². The number of nitrogens with zero attached hydrogens (tertiary/aromatic N) is 1. The molecule has 0 saturated carbocycles. The summed E-state index contributed by atoms with van der Waals surface area (Å²) in [6.07, 6.45) is 0. The summed E-state index contributed by atoms with van der Waals surface area (Å²) in [6, 6.07) is 7.68. The van der Waals surface area contributed by atoms with Crippen LogP contribution in [-0.2, 0) is 5.60 Å². The molecule has 0 amide bonds. The third kappa shape index (κ3) is 2.74. The maximum absolute atomic E-state index is 11.7. The van der Waals surface area contributed by atoms with Gasteiger partial charge in [-0.3, -0.25) is 4.79 Å². The molecule has 0 atom stereocenters. The number of hydrogen-bond acceptors (Lipinski definition) is 3. The second kappa shape index (κ2) is 4.63. The molecule has 1 aromatic heterocycles. The van der Waals surface area contributed by atoms with Gasteiger partial charge < -0.3 is 5.11 Å². The first-order chi connectivity index (χ1) is 8.79. The van der Waals surface area contributed by atoms with Crippen molar-refractivity contribution < 1.29 is 5.11 Å². The summed E-state index contributed by atoms with van der Waals surface area (Å²) in [5.74, 6) is 0. The van der Waals surface area contributed by atoms with Crippen LogP contribution in [0.1, 0.15) is 30.5 Å². The van der Waals surface area contributed by atoms with E-state index in [0.29, 0.717) is 11.3 Å². The van der Waals surface area contributed by atoms with Crippen molar-refractivity contribution in [3.8, 4) is 11.3 Å². The fourth-order valence-electron chi connectivity index (χ4n) is 2.10. The summed E-state index contributed by atoms with van der Waals surface area (Å²) in [5.41, 5.74) is 2.64. The summed E-state index contributed by atoms with van der Waals surface area (Å²) in [7, 11) is 0. The molecule has 1 heterocycles. The van der Waals surface area contributed by atoms with Crippen molar-refractivity contribution in [1.82, 2.24) is 10.2 Å². The minimum absolute atomic E-state index is 0.317. The van der Waals surface area contributed by atoms with Gasteiger partial charge in [0.25, 0.3) is 5.56 Å². The molecule has 0 unspecified atom stereocenters. The predicted octanol–water partition coefficient (Wildman–Crippen LogP) is 2.28. The first-order valence-electron chi connectivity index (χ1n) is 6.19. The van der Waals surface area contributed by atoms with E-state index in [9.17, 15) is 9.90 Å². The topological polar surface area (TPSA) is 66.0 Å². The highest BCUT2D eigenvalue weighted by Crippen LogP contribution is 2.24. The molecule has 0 radical (unpaired) electrons. The van der Waals surface area contributed by atoms with Crippen molar-refractivity contribution in [3.63, 3.8) is 0 Å². The van der Waals surface area contributed by atoms with Crippen LogP contribution in [0, 0.1) is 13.8 Å². The van der Waals surface area contributed by atoms with Gasteiger partial charge in [0.2, 0.25) is 0 Å². The van der Waals surface area contributed by atoms with Gasteiger partial charge >= 0.3 is 0 Å². The number of aromatic amines is 1. The SMILES string of the molecule is Cc1ccc(-c2cc(C(C)(C)O)c(=O)[nH]n2)c(C)c1.